The quantitative estimate of drug-likeness (QED) is 0.896. The Morgan fingerprint density at radius 1 is 1.40 bits per heavy atom. The van der Waals surface area contributed by atoms with E-state index < -0.39 is 10.0 Å². The van der Waals surface area contributed by atoms with E-state index in [9.17, 15) is 8.42 Å². The molecule has 1 aliphatic heterocycles. The maximum absolute atomic E-state index is 12.9. The minimum Gasteiger partial charge on any atom is -0.396 e. The Hall–Kier alpha value is -0.430. The lowest BCUT2D eigenvalue weighted by Gasteiger charge is -2.34. The van der Waals surface area contributed by atoms with Crippen molar-refractivity contribution < 1.29 is 13.5 Å². The van der Waals surface area contributed by atoms with Crippen molar-refractivity contribution in [1.82, 2.24) is 4.31 Å². The monoisotopic (exact) mass is 361 g/mol. The number of aryl methyl sites for hydroxylation is 1. The van der Waals surface area contributed by atoms with Crippen molar-refractivity contribution in [2.45, 2.75) is 43.5 Å². The van der Waals surface area contributed by atoms with Crippen molar-refractivity contribution in [2.75, 3.05) is 13.2 Å². The van der Waals surface area contributed by atoms with Gasteiger partial charge in [0.15, 0.2) is 0 Å². The highest BCUT2D eigenvalue weighted by Gasteiger charge is 2.33. The van der Waals surface area contributed by atoms with Crippen LogP contribution in [0.2, 0.25) is 0 Å². The van der Waals surface area contributed by atoms with Gasteiger partial charge < -0.3 is 5.11 Å². The van der Waals surface area contributed by atoms with Gasteiger partial charge in [-0.05, 0) is 43.9 Å². The molecule has 0 radical (unpaired) electrons. The van der Waals surface area contributed by atoms with E-state index in [0.29, 0.717) is 17.9 Å². The average Bonchev–Trinajstić information content (AvgIpc) is 2.42. The molecule has 1 heterocycles. The number of rotatable bonds is 4. The molecule has 4 nitrogen and oxygen atoms in total. The van der Waals surface area contributed by atoms with Crippen LogP contribution in [0.1, 0.15) is 31.2 Å². The Kier molecular flexibility index (Phi) is 5.23. The van der Waals surface area contributed by atoms with E-state index in [1.807, 2.05) is 19.1 Å². The topological polar surface area (TPSA) is 57.6 Å². The summed E-state index contributed by atoms with van der Waals surface area (Å²) >= 11 is 3.34. The maximum atomic E-state index is 12.9. The molecule has 1 fully saturated rings. The molecule has 1 unspecified atom stereocenters. The summed E-state index contributed by atoms with van der Waals surface area (Å²) in [5, 5.41) is 9.14. The zero-order valence-electron chi connectivity index (χ0n) is 11.5. The van der Waals surface area contributed by atoms with E-state index >= 15 is 0 Å². The smallest absolute Gasteiger partial charge is 0.243 e. The molecular weight excluding hydrogens is 342 g/mol. The Labute approximate surface area is 129 Å². The van der Waals surface area contributed by atoms with Gasteiger partial charge in [-0.3, -0.25) is 0 Å². The molecule has 1 saturated heterocycles. The van der Waals surface area contributed by atoms with Crippen LogP contribution in [0, 0.1) is 6.92 Å². The van der Waals surface area contributed by atoms with Crippen LogP contribution in [-0.2, 0) is 10.0 Å². The van der Waals surface area contributed by atoms with Crippen LogP contribution in [0.25, 0.3) is 0 Å². The fourth-order valence-electron chi connectivity index (χ4n) is 2.71. The first kappa shape index (κ1) is 15.9. The van der Waals surface area contributed by atoms with Crippen LogP contribution < -0.4 is 0 Å². The fraction of sp³-hybridized carbons (Fsp3) is 0.571. The van der Waals surface area contributed by atoms with Crippen LogP contribution in [0.3, 0.4) is 0 Å². The molecule has 0 spiro atoms. The highest BCUT2D eigenvalue weighted by atomic mass is 79.9. The van der Waals surface area contributed by atoms with Crippen LogP contribution in [0.5, 0.6) is 0 Å². The van der Waals surface area contributed by atoms with Gasteiger partial charge in [-0.2, -0.15) is 4.31 Å². The summed E-state index contributed by atoms with van der Waals surface area (Å²) < 4.78 is 28.1. The Morgan fingerprint density at radius 2 is 2.15 bits per heavy atom. The normalized spacial score (nSPS) is 21.1. The SMILES string of the molecule is Cc1ccc(Br)cc1S(=O)(=O)N1CCCCC1CCO. The fourth-order valence-corrected chi connectivity index (χ4v) is 5.19. The summed E-state index contributed by atoms with van der Waals surface area (Å²) in [6.07, 6.45) is 3.24. The van der Waals surface area contributed by atoms with Crippen molar-refractivity contribution >= 4 is 26.0 Å². The third kappa shape index (κ3) is 3.24. The maximum Gasteiger partial charge on any atom is 0.243 e. The molecular formula is C14H20BrNO3S. The van der Waals surface area contributed by atoms with E-state index in [-0.39, 0.29) is 12.6 Å². The molecule has 2 rings (SSSR count). The number of hydrogen-bond donors (Lipinski definition) is 1. The summed E-state index contributed by atoms with van der Waals surface area (Å²) in [6, 6.07) is 5.23. The van der Waals surface area contributed by atoms with Crippen molar-refractivity contribution in [3.63, 3.8) is 0 Å². The Morgan fingerprint density at radius 3 is 2.85 bits per heavy atom. The van der Waals surface area contributed by atoms with Gasteiger partial charge in [0.25, 0.3) is 0 Å². The lowest BCUT2D eigenvalue weighted by atomic mass is 10.0. The number of sulfonamides is 1. The van der Waals surface area contributed by atoms with E-state index in [1.54, 1.807) is 10.4 Å². The molecule has 0 amide bonds. The molecule has 112 valence electrons. The Balaban J connectivity index is 2.39. The molecule has 0 saturated carbocycles. The van der Waals surface area contributed by atoms with Crippen LogP contribution in [0.15, 0.2) is 27.6 Å². The summed E-state index contributed by atoms with van der Waals surface area (Å²) in [4.78, 5) is 0.358. The Bertz CT molecular complexity index is 572. The van der Waals surface area contributed by atoms with Gasteiger partial charge in [0.1, 0.15) is 0 Å². The molecule has 0 bridgehead atoms. The predicted octanol–water partition coefficient (Wildman–Crippen LogP) is 2.68. The first-order valence-electron chi connectivity index (χ1n) is 6.85. The molecule has 1 N–H and O–H groups in total. The van der Waals surface area contributed by atoms with E-state index in [2.05, 4.69) is 15.9 Å². The standard InChI is InChI=1S/C14H20BrNO3S/c1-11-5-6-12(15)10-14(11)20(18,19)16-8-3-2-4-13(16)7-9-17/h5-6,10,13,17H,2-4,7-9H2,1H3. The lowest BCUT2D eigenvalue weighted by Crippen LogP contribution is -2.44. The molecule has 6 heteroatoms. The van der Waals surface area contributed by atoms with E-state index in [4.69, 9.17) is 5.11 Å². The van der Waals surface area contributed by atoms with Gasteiger partial charge in [0, 0.05) is 23.7 Å². The number of hydrogen-bond acceptors (Lipinski definition) is 3. The zero-order chi connectivity index (χ0) is 14.8. The van der Waals surface area contributed by atoms with Gasteiger partial charge in [-0.15, -0.1) is 0 Å². The summed E-state index contributed by atoms with van der Waals surface area (Å²) in [6.45, 7) is 2.37. The second kappa shape index (κ2) is 6.56. The van der Waals surface area contributed by atoms with E-state index in [1.165, 1.54) is 0 Å². The van der Waals surface area contributed by atoms with Crippen molar-refractivity contribution in [3.05, 3.63) is 28.2 Å². The van der Waals surface area contributed by atoms with Gasteiger partial charge in [-0.25, -0.2) is 8.42 Å². The number of piperidine rings is 1. The number of benzene rings is 1. The van der Waals surface area contributed by atoms with Crippen molar-refractivity contribution in [1.29, 1.82) is 0 Å². The molecule has 1 aromatic rings. The largest absolute Gasteiger partial charge is 0.396 e. The predicted molar refractivity (Wildman–Crippen MR) is 82.1 cm³/mol. The average molecular weight is 362 g/mol. The third-order valence-corrected chi connectivity index (χ3v) is 6.36. The van der Waals surface area contributed by atoms with Gasteiger partial charge in [0.05, 0.1) is 4.90 Å². The first-order chi connectivity index (χ1) is 9.46. The van der Waals surface area contributed by atoms with E-state index in [0.717, 1.165) is 29.3 Å². The van der Waals surface area contributed by atoms with Gasteiger partial charge in [0.2, 0.25) is 10.0 Å². The highest BCUT2D eigenvalue weighted by Crippen LogP contribution is 2.29. The number of nitrogens with zero attached hydrogens (tertiary/aromatic N) is 1. The first-order valence-corrected chi connectivity index (χ1v) is 9.09. The summed E-state index contributed by atoms with van der Waals surface area (Å²) in [7, 11) is -3.49. The summed E-state index contributed by atoms with van der Waals surface area (Å²) in [5.74, 6) is 0. The number of halogens is 1. The summed E-state index contributed by atoms with van der Waals surface area (Å²) in [5.41, 5.74) is 0.751. The van der Waals surface area contributed by atoms with Crippen molar-refractivity contribution in [3.8, 4) is 0 Å². The van der Waals surface area contributed by atoms with Gasteiger partial charge >= 0.3 is 0 Å². The highest BCUT2D eigenvalue weighted by molar-refractivity contribution is 9.10. The minimum atomic E-state index is -3.49. The second-order valence-electron chi connectivity index (χ2n) is 5.19. The third-order valence-electron chi connectivity index (χ3n) is 3.77. The van der Waals surface area contributed by atoms with Crippen LogP contribution >= 0.6 is 15.9 Å². The van der Waals surface area contributed by atoms with Crippen LogP contribution in [0.4, 0.5) is 0 Å². The van der Waals surface area contributed by atoms with Crippen molar-refractivity contribution in [2.24, 2.45) is 0 Å². The lowest BCUT2D eigenvalue weighted by molar-refractivity contribution is 0.192. The number of aliphatic hydroxyl groups excluding tert-OH is 1. The minimum absolute atomic E-state index is 0.0220. The molecule has 1 aliphatic rings. The molecule has 1 aromatic carbocycles. The second-order valence-corrected chi connectivity index (χ2v) is 7.96. The molecule has 20 heavy (non-hydrogen) atoms. The zero-order valence-corrected chi connectivity index (χ0v) is 14.0. The van der Waals surface area contributed by atoms with Gasteiger partial charge in [-0.1, -0.05) is 28.4 Å². The molecule has 1 atom stereocenters. The van der Waals surface area contributed by atoms with Crippen LogP contribution in [-0.4, -0.2) is 37.0 Å². The molecule has 0 aromatic heterocycles. The number of aliphatic hydroxyl groups is 1. The molecule has 0 aliphatic carbocycles.